The number of fused-ring (bicyclic) bond motifs is 2. The second-order valence-corrected chi connectivity index (χ2v) is 4.58. The van der Waals surface area contributed by atoms with Crippen molar-refractivity contribution in [2.24, 2.45) is 0 Å². The Bertz CT molecular complexity index is 586. The van der Waals surface area contributed by atoms with E-state index in [4.69, 9.17) is 0 Å². The number of benzene rings is 2. The Kier molecular flexibility index (Phi) is 2.51. The Morgan fingerprint density at radius 2 is 1.22 bits per heavy atom. The van der Waals surface area contributed by atoms with Gasteiger partial charge in [-0.15, -0.1) is 0 Å². The van der Waals surface area contributed by atoms with Gasteiger partial charge in [0.25, 0.3) is 0 Å². The van der Waals surface area contributed by atoms with E-state index >= 15 is 0 Å². The molecule has 1 aliphatic carbocycles. The molecule has 18 heavy (non-hydrogen) atoms. The van der Waals surface area contributed by atoms with Crippen molar-refractivity contribution in [2.45, 2.75) is 12.8 Å². The molecule has 0 atom stereocenters. The molecular formula is C16H12F2. The van der Waals surface area contributed by atoms with E-state index in [1.807, 2.05) is 0 Å². The topological polar surface area (TPSA) is 0 Å². The predicted octanol–water partition coefficient (Wildman–Crippen LogP) is 4.12. The summed E-state index contributed by atoms with van der Waals surface area (Å²) in [5.74, 6) is -0.475. The molecule has 0 heterocycles. The highest BCUT2D eigenvalue weighted by Crippen LogP contribution is 2.32. The second-order valence-electron chi connectivity index (χ2n) is 4.58. The van der Waals surface area contributed by atoms with E-state index < -0.39 is 0 Å². The SMILES string of the molecule is C=C1c2ccc(F)cc2CCc2cc(F)ccc21. The summed E-state index contributed by atoms with van der Waals surface area (Å²) >= 11 is 0. The van der Waals surface area contributed by atoms with Gasteiger partial charge in [-0.05, 0) is 64.9 Å². The molecule has 0 unspecified atom stereocenters. The normalized spacial score (nSPS) is 13.8. The first kappa shape index (κ1) is 11.1. The Balaban J connectivity index is 2.18. The van der Waals surface area contributed by atoms with E-state index in [1.165, 1.54) is 12.1 Å². The van der Waals surface area contributed by atoms with Crippen LogP contribution in [0.2, 0.25) is 0 Å². The summed E-state index contributed by atoms with van der Waals surface area (Å²) in [6, 6.07) is 9.49. The Morgan fingerprint density at radius 3 is 1.67 bits per heavy atom. The third kappa shape index (κ3) is 1.74. The van der Waals surface area contributed by atoms with Crippen molar-refractivity contribution in [3.8, 4) is 0 Å². The average molecular weight is 242 g/mol. The van der Waals surface area contributed by atoms with Crippen molar-refractivity contribution < 1.29 is 8.78 Å². The van der Waals surface area contributed by atoms with Gasteiger partial charge in [0, 0.05) is 0 Å². The zero-order valence-corrected chi connectivity index (χ0v) is 9.84. The van der Waals surface area contributed by atoms with Gasteiger partial charge < -0.3 is 0 Å². The Morgan fingerprint density at radius 1 is 0.778 bits per heavy atom. The third-order valence-electron chi connectivity index (χ3n) is 3.45. The summed E-state index contributed by atoms with van der Waals surface area (Å²) in [4.78, 5) is 0. The fraction of sp³-hybridized carbons (Fsp3) is 0.125. The maximum Gasteiger partial charge on any atom is 0.123 e. The van der Waals surface area contributed by atoms with Crippen molar-refractivity contribution in [1.29, 1.82) is 0 Å². The lowest BCUT2D eigenvalue weighted by Gasteiger charge is -2.09. The highest BCUT2D eigenvalue weighted by atomic mass is 19.1. The van der Waals surface area contributed by atoms with Gasteiger partial charge in [-0.25, -0.2) is 8.78 Å². The molecule has 0 nitrogen and oxygen atoms in total. The molecule has 0 aliphatic heterocycles. The van der Waals surface area contributed by atoms with Crippen LogP contribution in [0.1, 0.15) is 22.3 Å². The molecule has 0 fully saturated rings. The molecule has 0 spiro atoms. The molecular weight excluding hydrogens is 230 g/mol. The second kappa shape index (κ2) is 4.05. The summed E-state index contributed by atoms with van der Waals surface area (Å²) in [6.45, 7) is 4.07. The first-order valence-electron chi connectivity index (χ1n) is 5.91. The van der Waals surface area contributed by atoms with Crippen molar-refractivity contribution in [3.05, 3.63) is 76.9 Å². The molecule has 2 heteroatoms. The quantitative estimate of drug-likeness (QED) is 0.651. The fourth-order valence-corrected chi connectivity index (χ4v) is 2.54. The lowest BCUT2D eigenvalue weighted by Crippen LogP contribution is -1.92. The van der Waals surface area contributed by atoms with Gasteiger partial charge in [-0.1, -0.05) is 18.7 Å². The Labute approximate surface area is 105 Å². The first-order valence-corrected chi connectivity index (χ1v) is 5.91. The molecule has 0 radical (unpaired) electrons. The zero-order valence-electron chi connectivity index (χ0n) is 9.84. The molecule has 0 aromatic heterocycles. The largest absolute Gasteiger partial charge is 0.207 e. The standard InChI is InChI=1S/C16H12F2/c1-10-15-6-4-13(17)8-11(15)2-3-12-9-14(18)5-7-16(10)12/h4-9H,1-3H2. The molecule has 0 bridgehead atoms. The number of hydrogen-bond acceptors (Lipinski definition) is 0. The molecule has 0 amide bonds. The fourth-order valence-electron chi connectivity index (χ4n) is 2.54. The van der Waals surface area contributed by atoms with Crippen molar-refractivity contribution in [1.82, 2.24) is 0 Å². The van der Waals surface area contributed by atoms with E-state index in [0.29, 0.717) is 12.8 Å². The maximum absolute atomic E-state index is 13.3. The summed E-state index contributed by atoms with van der Waals surface area (Å²) in [6.07, 6.45) is 1.42. The smallest absolute Gasteiger partial charge is 0.123 e. The van der Waals surface area contributed by atoms with Gasteiger partial charge in [-0.3, -0.25) is 0 Å². The van der Waals surface area contributed by atoms with Crippen LogP contribution in [-0.4, -0.2) is 0 Å². The van der Waals surface area contributed by atoms with E-state index in [9.17, 15) is 8.78 Å². The summed E-state index contributed by atoms with van der Waals surface area (Å²) in [5.41, 5.74) is 4.65. The highest BCUT2D eigenvalue weighted by Gasteiger charge is 2.17. The molecule has 0 saturated heterocycles. The molecule has 2 aromatic carbocycles. The summed E-state index contributed by atoms with van der Waals surface area (Å²) < 4.78 is 26.5. The van der Waals surface area contributed by atoms with Gasteiger partial charge in [0.05, 0.1) is 0 Å². The zero-order chi connectivity index (χ0) is 12.7. The van der Waals surface area contributed by atoms with E-state index in [1.54, 1.807) is 24.3 Å². The monoisotopic (exact) mass is 242 g/mol. The van der Waals surface area contributed by atoms with Crippen LogP contribution in [0, 0.1) is 11.6 Å². The van der Waals surface area contributed by atoms with E-state index in [-0.39, 0.29) is 11.6 Å². The van der Waals surface area contributed by atoms with Crippen LogP contribution in [0.4, 0.5) is 8.78 Å². The minimum atomic E-state index is -0.237. The van der Waals surface area contributed by atoms with Crippen LogP contribution < -0.4 is 0 Å². The van der Waals surface area contributed by atoms with Crippen LogP contribution in [0.3, 0.4) is 0 Å². The van der Waals surface area contributed by atoms with Crippen LogP contribution in [0.25, 0.3) is 5.57 Å². The Hall–Kier alpha value is -1.96. The number of hydrogen-bond donors (Lipinski definition) is 0. The van der Waals surface area contributed by atoms with Gasteiger partial charge in [0.1, 0.15) is 11.6 Å². The maximum atomic E-state index is 13.3. The van der Waals surface area contributed by atoms with E-state index in [0.717, 1.165) is 27.8 Å². The lowest BCUT2D eigenvalue weighted by molar-refractivity contribution is 0.623. The number of aryl methyl sites for hydroxylation is 2. The molecule has 0 saturated carbocycles. The van der Waals surface area contributed by atoms with Gasteiger partial charge in [0.2, 0.25) is 0 Å². The predicted molar refractivity (Wildman–Crippen MR) is 68.3 cm³/mol. The lowest BCUT2D eigenvalue weighted by atomic mass is 9.95. The number of rotatable bonds is 0. The van der Waals surface area contributed by atoms with Crippen molar-refractivity contribution >= 4 is 5.57 Å². The van der Waals surface area contributed by atoms with Crippen molar-refractivity contribution in [3.63, 3.8) is 0 Å². The summed E-state index contributed by atoms with van der Waals surface area (Å²) in [7, 11) is 0. The number of halogens is 2. The van der Waals surface area contributed by atoms with Crippen molar-refractivity contribution in [2.75, 3.05) is 0 Å². The molecule has 0 N–H and O–H groups in total. The van der Waals surface area contributed by atoms with E-state index in [2.05, 4.69) is 6.58 Å². The molecule has 1 aliphatic rings. The first-order chi connectivity index (χ1) is 8.65. The van der Waals surface area contributed by atoms with Gasteiger partial charge in [0.15, 0.2) is 0 Å². The summed E-state index contributed by atoms with van der Waals surface area (Å²) in [5, 5.41) is 0. The minimum Gasteiger partial charge on any atom is -0.207 e. The molecule has 2 aromatic rings. The van der Waals surface area contributed by atoms with Crippen LogP contribution in [0.5, 0.6) is 0 Å². The molecule has 3 rings (SSSR count). The molecule has 90 valence electrons. The average Bonchev–Trinajstić information content (AvgIpc) is 2.47. The van der Waals surface area contributed by atoms with Gasteiger partial charge >= 0.3 is 0 Å². The van der Waals surface area contributed by atoms with Gasteiger partial charge in [-0.2, -0.15) is 0 Å². The highest BCUT2D eigenvalue weighted by molar-refractivity contribution is 5.82. The van der Waals surface area contributed by atoms with Crippen LogP contribution in [-0.2, 0) is 12.8 Å². The third-order valence-corrected chi connectivity index (χ3v) is 3.45. The van der Waals surface area contributed by atoms with Crippen LogP contribution in [0.15, 0.2) is 43.0 Å². The minimum absolute atomic E-state index is 0.237. The van der Waals surface area contributed by atoms with Crippen LogP contribution >= 0.6 is 0 Å².